The van der Waals surface area contributed by atoms with Gasteiger partial charge >= 0.3 is 0 Å². The summed E-state index contributed by atoms with van der Waals surface area (Å²) < 4.78 is 12.8. The fourth-order valence-corrected chi connectivity index (χ4v) is 1.51. The maximum Gasteiger partial charge on any atom is 0.147 e. The van der Waals surface area contributed by atoms with Crippen molar-refractivity contribution >= 4 is 11.6 Å². The van der Waals surface area contributed by atoms with Gasteiger partial charge in [0.05, 0.1) is 12.4 Å². The summed E-state index contributed by atoms with van der Waals surface area (Å²) in [5, 5.41) is 3.14. The molecule has 3 N–H and O–H groups in total. The van der Waals surface area contributed by atoms with Crippen LogP contribution < -0.4 is 11.1 Å². The molecule has 0 bridgehead atoms. The second-order valence-corrected chi connectivity index (χ2v) is 3.75. The van der Waals surface area contributed by atoms with E-state index in [-0.39, 0.29) is 11.9 Å². The molecule has 0 radical (unpaired) electrons. The van der Waals surface area contributed by atoms with Crippen LogP contribution in [-0.2, 0) is 0 Å². The number of rotatable bonds is 3. The van der Waals surface area contributed by atoms with Crippen molar-refractivity contribution in [3.8, 4) is 0 Å². The second kappa shape index (κ2) is 4.78. The Hall–Kier alpha value is -2.17. The van der Waals surface area contributed by atoms with Gasteiger partial charge in [-0.3, -0.25) is 4.98 Å². The highest BCUT2D eigenvalue weighted by atomic mass is 19.1. The molecule has 2 rings (SSSR count). The number of nitrogens with two attached hydrogens (primary N) is 1. The summed E-state index contributed by atoms with van der Waals surface area (Å²) in [5.41, 5.74) is 6.50. The van der Waals surface area contributed by atoms with Crippen molar-refractivity contribution in [2.24, 2.45) is 0 Å². The average molecular weight is 232 g/mol. The summed E-state index contributed by atoms with van der Waals surface area (Å²) in [6.07, 6.45) is 3.07. The largest absolute Gasteiger partial charge is 0.382 e. The van der Waals surface area contributed by atoms with Gasteiger partial charge < -0.3 is 11.1 Å². The minimum Gasteiger partial charge on any atom is -0.382 e. The summed E-state index contributed by atoms with van der Waals surface area (Å²) in [4.78, 5) is 8.02. The lowest BCUT2D eigenvalue weighted by atomic mass is 10.1. The minimum atomic E-state index is -0.246. The standard InChI is InChI=1S/C12H13FN4/c1-8(9-2-4-10(13)5-3-9)16-12-7-15-6-11(14)17-12/h2-8H,1H3,(H3,14,16,17). The third-order valence-electron chi connectivity index (χ3n) is 2.39. The molecule has 4 nitrogen and oxygen atoms in total. The molecule has 0 aliphatic rings. The molecule has 1 aromatic carbocycles. The first kappa shape index (κ1) is 11.3. The summed E-state index contributed by atoms with van der Waals surface area (Å²) in [7, 11) is 0. The SMILES string of the molecule is CC(Nc1cncc(N)n1)c1ccc(F)cc1. The monoisotopic (exact) mass is 232 g/mol. The van der Waals surface area contributed by atoms with Crippen LogP contribution in [0.2, 0.25) is 0 Å². The van der Waals surface area contributed by atoms with Gasteiger partial charge in [-0.05, 0) is 24.6 Å². The Morgan fingerprint density at radius 3 is 2.59 bits per heavy atom. The second-order valence-electron chi connectivity index (χ2n) is 3.75. The first-order chi connectivity index (χ1) is 8.15. The van der Waals surface area contributed by atoms with E-state index in [2.05, 4.69) is 15.3 Å². The molecule has 1 unspecified atom stereocenters. The van der Waals surface area contributed by atoms with E-state index in [1.54, 1.807) is 18.3 Å². The van der Waals surface area contributed by atoms with Crippen LogP contribution in [0, 0.1) is 5.82 Å². The van der Waals surface area contributed by atoms with Crippen LogP contribution in [0.1, 0.15) is 18.5 Å². The molecule has 0 fully saturated rings. The predicted octanol–water partition coefficient (Wildman–Crippen LogP) is 2.37. The van der Waals surface area contributed by atoms with E-state index >= 15 is 0 Å². The molecule has 0 spiro atoms. The summed E-state index contributed by atoms with van der Waals surface area (Å²) in [6.45, 7) is 1.96. The van der Waals surface area contributed by atoms with Gasteiger partial charge in [0.15, 0.2) is 0 Å². The molecule has 1 heterocycles. The first-order valence-electron chi connectivity index (χ1n) is 5.24. The van der Waals surface area contributed by atoms with Crippen molar-refractivity contribution in [3.05, 3.63) is 48.0 Å². The van der Waals surface area contributed by atoms with Crippen LogP contribution >= 0.6 is 0 Å². The van der Waals surface area contributed by atoms with Crippen molar-refractivity contribution in [1.82, 2.24) is 9.97 Å². The molecule has 0 saturated carbocycles. The van der Waals surface area contributed by atoms with Gasteiger partial charge in [0, 0.05) is 6.04 Å². The molecular weight excluding hydrogens is 219 g/mol. The van der Waals surface area contributed by atoms with E-state index < -0.39 is 0 Å². The minimum absolute atomic E-state index is 0.00620. The van der Waals surface area contributed by atoms with Crippen LogP contribution in [0.4, 0.5) is 16.0 Å². The molecule has 0 aliphatic heterocycles. The number of benzene rings is 1. The highest BCUT2D eigenvalue weighted by Gasteiger charge is 2.06. The lowest BCUT2D eigenvalue weighted by Gasteiger charge is -2.14. The zero-order chi connectivity index (χ0) is 12.3. The van der Waals surface area contributed by atoms with Crippen LogP contribution in [0.25, 0.3) is 0 Å². The number of anilines is 2. The number of halogens is 1. The Balaban J connectivity index is 2.11. The zero-order valence-electron chi connectivity index (χ0n) is 9.39. The molecule has 0 saturated heterocycles. The highest BCUT2D eigenvalue weighted by Crippen LogP contribution is 2.17. The molecular formula is C12H13FN4. The summed E-state index contributed by atoms with van der Waals surface area (Å²) in [5.74, 6) is 0.716. The Morgan fingerprint density at radius 1 is 1.24 bits per heavy atom. The zero-order valence-corrected chi connectivity index (χ0v) is 9.39. The third-order valence-corrected chi connectivity index (χ3v) is 2.39. The van der Waals surface area contributed by atoms with Crippen molar-refractivity contribution < 1.29 is 4.39 Å². The van der Waals surface area contributed by atoms with E-state index in [1.807, 2.05) is 6.92 Å². The molecule has 0 amide bonds. The quantitative estimate of drug-likeness (QED) is 0.852. The smallest absolute Gasteiger partial charge is 0.147 e. The maximum absolute atomic E-state index is 12.8. The van der Waals surface area contributed by atoms with Crippen LogP contribution in [-0.4, -0.2) is 9.97 Å². The first-order valence-corrected chi connectivity index (χ1v) is 5.24. The number of nitrogens with zero attached hydrogens (tertiary/aromatic N) is 2. The highest BCUT2D eigenvalue weighted by molar-refractivity contribution is 5.40. The van der Waals surface area contributed by atoms with Crippen molar-refractivity contribution in [2.75, 3.05) is 11.1 Å². The molecule has 1 aromatic heterocycles. The molecule has 2 aromatic rings. The number of nitrogen functional groups attached to an aromatic ring is 1. The van der Waals surface area contributed by atoms with Crippen LogP contribution in [0.5, 0.6) is 0 Å². The average Bonchev–Trinajstić information content (AvgIpc) is 2.29. The topological polar surface area (TPSA) is 63.8 Å². The fourth-order valence-electron chi connectivity index (χ4n) is 1.51. The van der Waals surface area contributed by atoms with E-state index in [0.717, 1.165) is 5.56 Å². The van der Waals surface area contributed by atoms with Crippen molar-refractivity contribution in [2.45, 2.75) is 13.0 Å². The lowest BCUT2D eigenvalue weighted by Crippen LogP contribution is -2.09. The summed E-state index contributed by atoms with van der Waals surface area (Å²) in [6, 6.07) is 6.32. The molecule has 0 aliphatic carbocycles. The molecule has 5 heteroatoms. The Labute approximate surface area is 98.7 Å². The molecule has 1 atom stereocenters. The molecule has 88 valence electrons. The van der Waals surface area contributed by atoms with Crippen molar-refractivity contribution in [1.29, 1.82) is 0 Å². The van der Waals surface area contributed by atoms with E-state index in [9.17, 15) is 4.39 Å². The maximum atomic E-state index is 12.8. The van der Waals surface area contributed by atoms with E-state index in [4.69, 9.17) is 5.73 Å². The Bertz CT molecular complexity index is 498. The lowest BCUT2D eigenvalue weighted by molar-refractivity contribution is 0.626. The van der Waals surface area contributed by atoms with E-state index in [0.29, 0.717) is 11.6 Å². The third kappa shape index (κ3) is 2.90. The van der Waals surface area contributed by atoms with Gasteiger partial charge in [0.2, 0.25) is 0 Å². The van der Waals surface area contributed by atoms with Gasteiger partial charge in [-0.1, -0.05) is 12.1 Å². The Morgan fingerprint density at radius 2 is 1.94 bits per heavy atom. The van der Waals surface area contributed by atoms with Gasteiger partial charge in [0.1, 0.15) is 17.5 Å². The molecule has 17 heavy (non-hydrogen) atoms. The fraction of sp³-hybridized carbons (Fsp3) is 0.167. The van der Waals surface area contributed by atoms with Gasteiger partial charge in [-0.15, -0.1) is 0 Å². The number of nitrogens with one attached hydrogen (secondary N) is 1. The van der Waals surface area contributed by atoms with Crippen molar-refractivity contribution in [3.63, 3.8) is 0 Å². The normalized spacial score (nSPS) is 12.1. The van der Waals surface area contributed by atoms with Gasteiger partial charge in [-0.2, -0.15) is 0 Å². The Kier molecular flexibility index (Phi) is 3.18. The van der Waals surface area contributed by atoms with Crippen LogP contribution in [0.15, 0.2) is 36.7 Å². The predicted molar refractivity (Wildman–Crippen MR) is 64.9 cm³/mol. The number of hydrogen-bond donors (Lipinski definition) is 2. The van der Waals surface area contributed by atoms with E-state index in [1.165, 1.54) is 18.3 Å². The number of hydrogen-bond acceptors (Lipinski definition) is 4. The summed E-state index contributed by atoms with van der Waals surface area (Å²) >= 11 is 0. The number of aromatic nitrogens is 2. The van der Waals surface area contributed by atoms with Crippen LogP contribution in [0.3, 0.4) is 0 Å². The van der Waals surface area contributed by atoms with Gasteiger partial charge in [0.25, 0.3) is 0 Å². The van der Waals surface area contributed by atoms with Gasteiger partial charge in [-0.25, -0.2) is 9.37 Å².